The average Bonchev–Trinajstić information content (AvgIpc) is 3.13. The van der Waals surface area contributed by atoms with Crippen LogP contribution in [0.4, 0.5) is 13.2 Å². The molecule has 0 saturated carbocycles. The average molecular weight is 695 g/mol. The van der Waals surface area contributed by atoms with Crippen molar-refractivity contribution in [3.05, 3.63) is 155 Å². The fourth-order valence-electron chi connectivity index (χ4n) is 5.56. The number of para-hydroxylation sites is 2. The van der Waals surface area contributed by atoms with E-state index in [1.54, 1.807) is 78.8 Å². The number of ether oxygens (including phenoxy) is 3. The van der Waals surface area contributed by atoms with Gasteiger partial charge in [0.15, 0.2) is 0 Å². The highest BCUT2D eigenvalue weighted by Gasteiger charge is 2.31. The van der Waals surface area contributed by atoms with Crippen LogP contribution in [0.1, 0.15) is 29.9 Å². The molecule has 0 spiro atoms. The molecule has 6 aromatic rings. The van der Waals surface area contributed by atoms with Crippen LogP contribution in [-0.2, 0) is 17.8 Å². The third-order valence-electron chi connectivity index (χ3n) is 8.01. The summed E-state index contributed by atoms with van der Waals surface area (Å²) in [5.74, 6) is 0.902. The molecule has 0 aliphatic heterocycles. The molecule has 0 unspecified atom stereocenters. The lowest BCUT2D eigenvalue weighted by Crippen LogP contribution is -2.38. The molecule has 0 aliphatic carbocycles. The Labute approximate surface area is 291 Å². The van der Waals surface area contributed by atoms with Gasteiger partial charge < -0.3 is 19.1 Å². The number of fused-ring (bicyclic) bond motifs is 1. The van der Waals surface area contributed by atoms with Gasteiger partial charge in [0.25, 0.3) is 5.56 Å². The molecule has 0 saturated heterocycles. The number of pyridine rings is 1. The van der Waals surface area contributed by atoms with E-state index < -0.39 is 12.4 Å². The van der Waals surface area contributed by atoms with Gasteiger partial charge in [-0.15, -0.1) is 13.2 Å². The largest absolute Gasteiger partial charge is 0.573 e. The first kappa shape index (κ1) is 34.7. The van der Waals surface area contributed by atoms with Crippen LogP contribution in [-0.4, -0.2) is 44.9 Å². The third kappa shape index (κ3) is 8.90. The second kappa shape index (κ2) is 15.6. The van der Waals surface area contributed by atoms with Crippen LogP contribution in [0.25, 0.3) is 16.6 Å². The first-order valence-electron chi connectivity index (χ1n) is 16.1. The summed E-state index contributed by atoms with van der Waals surface area (Å²) in [5, 5.41) is 0.401. The maximum absolute atomic E-state index is 14.1. The van der Waals surface area contributed by atoms with Gasteiger partial charge in [0.1, 0.15) is 36.3 Å². The van der Waals surface area contributed by atoms with Crippen molar-refractivity contribution in [2.45, 2.75) is 32.3 Å². The zero-order chi connectivity index (χ0) is 35.8. The zero-order valence-electron chi connectivity index (χ0n) is 27.5. The van der Waals surface area contributed by atoms with Gasteiger partial charge in [0.2, 0.25) is 5.91 Å². The van der Waals surface area contributed by atoms with E-state index in [1.807, 2.05) is 36.4 Å². The zero-order valence-corrected chi connectivity index (χ0v) is 27.5. The summed E-state index contributed by atoms with van der Waals surface area (Å²) in [7, 11) is 0. The second-order valence-electron chi connectivity index (χ2n) is 11.6. The number of aromatic nitrogens is 3. The number of carbonyl (C=O) groups is 1. The Hall–Kier alpha value is -6.17. The van der Waals surface area contributed by atoms with E-state index in [4.69, 9.17) is 14.5 Å². The predicted octanol–water partition coefficient (Wildman–Crippen LogP) is 7.47. The van der Waals surface area contributed by atoms with Crippen molar-refractivity contribution in [3.8, 4) is 22.9 Å². The summed E-state index contributed by atoms with van der Waals surface area (Å²) in [6, 6.07) is 31.4. The Balaban J connectivity index is 1.30. The van der Waals surface area contributed by atoms with Crippen LogP contribution < -0.4 is 19.8 Å². The summed E-state index contributed by atoms with van der Waals surface area (Å²) >= 11 is 0. The molecule has 1 atom stereocenters. The number of nitrogens with zero attached hydrogens (tertiary/aromatic N) is 4. The number of halogens is 3. The van der Waals surface area contributed by atoms with Gasteiger partial charge >= 0.3 is 6.36 Å². The standard InChI is InChI=1S/C39H33F3N4O5/c1-27(45(26-29-8-7-21-43-25-29)36(47)24-28-13-17-33(18-14-28)51-39(40,41)42)37-44-35-12-6-5-11-34(35)38(48)46(37)30-15-19-32(20-16-30)50-23-22-49-31-9-3-2-4-10-31/h2-21,25,27H,22-24,26H2,1H3/t27-/m1/s1. The molecule has 2 heterocycles. The molecule has 9 nitrogen and oxygen atoms in total. The number of hydrogen-bond acceptors (Lipinski definition) is 7. The number of carbonyl (C=O) groups excluding carboxylic acids is 1. The fourth-order valence-corrected chi connectivity index (χ4v) is 5.56. The fraction of sp³-hybridized carbons (Fsp3) is 0.179. The van der Waals surface area contributed by atoms with Crippen LogP contribution in [0.15, 0.2) is 132 Å². The summed E-state index contributed by atoms with van der Waals surface area (Å²) in [4.78, 5) is 38.9. The van der Waals surface area contributed by atoms with E-state index in [0.29, 0.717) is 46.9 Å². The van der Waals surface area contributed by atoms with Crippen LogP contribution in [0.5, 0.6) is 17.2 Å². The van der Waals surface area contributed by atoms with Crippen LogP contribution in [0.3, 0.4) is 0 Å². The Morgan fingerprint density at radius 3 is 2.10 bits per heavy atom. The minimum Gasteiger partial charge on any atom is -0.490 e. The van der Waals surface area contributed by atoms with E-state index in [0.717, 1.165) is 23.4 Å². The molecule has 0 fully saturated rings. The molecule has 260 valence electrons. The van der Waals surface area contributed by atoms with Gasteiger partial charge in [0.05, 0.1) is 29.1 Å². The minimum absolute atomic E-state index is 0.129. The smallest absolute Gasteiger partial charge is 0.490 e. The Bertz CT molecular complexity index is 2130. The van der Waals surface area contributed by atoms with Crippen molar-refractivity contribution in [3.63, 3.8) is 0 Å². The first-order chi connectivity index (χ1) is 24.6. The van der Waals surface area contributed by atoms with Crippen LogP contribution >= 0.6 is 0 Å². The molecule has 51 heavy (non-hydrogen) atoms. The monoisotopic (exact) mass is 694 g/mol. The quantitative estimate of drug-likeness (QED) is 0.116. The lowest BCUT2D eigenvalue weighted by molar-refractivity contribution is -0.274. The maximum Gasteiger partial charge on any atom is 0.573 e. The molecule has 0 bridgehead atoms. The molecule has 0 aliphatic rings. The van der Waals surface area contributed by atoms with Crippen LogP contribution in [0, 0.1) is 0 Å². The molecule has 12 heteroatoms. The van der Waals surface area contributed by atoms with E-state index in [9.17, 15) is 22.8 Å². The third-order valence-corrected chi connectivity index (χ3v) is 8.01. The predicted molar refractivity (Wildman–Crippen MR) is 185 cm³/mol. The highest BCUT2D eigenvalue weighted by Crippen LogP contribution is 2.27. The Morgan fingerprint density at radius 2 is 1.43 bits per heavy atom. The highest BCUT2D eigenvalue weighted by atomic mass is 19.4. The number of benzene rings is 4. The SMILES string of the molecule is C[C@H](c1nc2ccccc2c(=O)n1-c1ccc(OCCOc2ccccc2)cc1)N(Cc1cccnc1)C(=O)Cc1ccc(OC(F)(F)F)cc1. The van der Waals surface area contributed by atoms with Crippen molar-refractivity contribution < 1.29 is 32.2 Å². The summed E-state index contributed by atoms with van der Waals surface area (Å²) in [6.07, 6.45) is -1.70. The van der Waals surface area contributed by atoms with E-state index in [2.05, 4.69) is 9.72 Å². The van der Waals surface area contributed by atoms with Crippen molar-refractivity contribution >= 4 is 16.8 Å². The van der Waals surface area contributed by atoms with Gasteiger partial charge in [-0.1, -0.05) is 48.5 Å². The van der Waals surface area contributed by atoms with Crippen molar-refractivity contribution in [2.24, 2.45) is 0 Å². The number of amides is 1. The Kier molecular flexibility index (Phi) is 10.6. The van der Waals surface area contributed by atoms with E-state index in [-0.39, 0.29) is 30.2 Å². The number of alkyl halides is 3. The minimum atomic E-state index is -4.83. The molecule has 4 aromatic carbocycles. The molecule has 6 rings (SSSR count). The lowest BCUT2D eigenvalue weighted by atomic mass is 10.1. The van der Waals surface area contributed by atoms with Crippen molar-refractivity contribution in [1.82, 2.24) is 19.4 Å². The molecule has 2 aromatic heterocycles. The summed E-state index contributed by atoms with van der Waals surface area (Å²) < 4.78 is 55.1. The van der Waals surface area contributed by atoms with Gasteiger partial charge in [-0.25, -0.2) is 4.98 Å². The molecule has 0 N–H and O–H groups in total. The lowest BCUT2D eigenvalue weighted by Gasteiger charge is -2.31. The van der Waals surface area contributed by atoms with Gasteiger partial charge in [-0.05, 0) is 84.8 Å². The van der Waals surface area contributed by atoms with Gasteiger partial charge in [-0.2, -0.15) is 0 Å². The number of hydrogen-bond donors (Lipinski definition) is 0. The van der Waals surface area contributed by atoms with E-state index >= 15 is 0 Å². The second-order valence-corrected chi connectivity index (χ2v) is 11.6. The van der Waals surface area contributed by atoms with Crippen LogP contribution in [0.2, 0.25) is 0 Å². The van der Waals surface area contributed by atoms with Gasteiger partial charge in [-0.3, -0.25) is 19.1 Å². The summed E-state index contributed by atoms with van der Waals surface area (Å²) in [5.41, 5.74) is 1.88. The van der Waals surface area contributed by atoms with Gasteiger partial charge in [0, 0.05) is 18.9 Å². The molecular weight excluding hydrogens is 661 g/mol. The van der Waals surface area contributed by atoms with E-state index in [1.165, 1.54) is 16.7 Å². The number of rotatable bonds is 13. The highest BCUT2D eigenvalue weighted by molar-refractivity contribution is 5.80. The first-order valence-corrected chi connectivity index (χ1v) is 16.1. The Morgan fingerprint density at radius 1 is 0.784 bits per heavy atom. The normalized spacial score (nSPS) is 11.9. The molecule has 0 radical (unpaired) electrons. The van der Waals surface area contributed by atoms with Crippen molar-refractivity contribution in [2.75, 3.05) is 13.2 Å². The molecular formula is C39H33F3N4O5. The van der Waals surface area contributed by atoms with Crippen molar-refractivity contribution in [1.29, 1.82) is 0 Å². The summed E-state index contributed by atoms with van der Waals surface area (Å²) in [6.45, 7) is 2.56. The maximum atomic E-state index is 14.1. The molecule has 1 amide bonds. The topological polar surface area (TPSA) is 95.8 Å².